The van der Waals surface area contributed by atoms with E-state index in [1.807, 2.05) is 22.9 Å². The zero-order chi connectivity index (χ0) is 33.8. The molecule has 254 valence electrons. The van der Waals surface area contributed by atoms with Crippen molar-refractivity contribution < 1.29 is 14.7 Å². The average Bonchev–Trinajstić information content (AvgIpc) is 3.33. The molecule has 47 heavy (non-hydrogen) atoms. The van der Waals surface area contributed by atoms with Crippen LogP contribution in [0.15, 0.2) is 42.0 Å². The third kappa shape index (κ3) is 4.45. The predicted molar refractivity (Wildman–Crippen MR) is 185 cm³/mol. The minimum absolute atomic E-state index is 0.0234. The molecule has 0 saturated heterocycles. The molecule has 0 radical (unpaired) electrons. The number of nitrogens with two attached hydrogens (primary N) is 1. The average molecular weight is 642 g/mol. The number of anilines is 1. The molecule has 2 amide bonds. The minimum atomic E-state index is -1.05. The number of nitrogens with one attached hydrogen (secondary N) is 2. The van der Waals surface area contributed by atoms with Crippen LogP contribution in [0.4, 0.5) is 10.6 Å². The van der Waals surface area contributed by atoms with Crippen LogP contribution in [-0.2, 0) is 23.2 Å². The Morgan fingerprint density at radius 2 is 1.68 bits per heavy atom. The van der Waals surface area contributed by atoms with Gasteiger partial charge in [-0.15, -0.1) is 0 Å². The number of amides is 2. The summed E-state index contributed by atoms with van der Waals surface area (Å²) in [6, 6.07) is 10.2. The number of hydrazine groups is 1. The lowest BCUT2D eigenvalue weighted by Gasteiger charge is -2.70. The monoisotopic (exact) mass is 641 g/mol. The molecular weight excluding hydrogens is 586 g/mol. The van der Waals surface area contributed by atoms with Gasteiger partial charge in [0.25, 0.3) is 0 Å². The van der Waals surface area contributed by atoms with Crippen molar-refractivity contribution in [3.63, 3.8) is 0 Å². The van der Waals surface area contributed by atoms with Crippen molar-refractivity contribution in [3.05, 3.63) is 58.8 Å². The Morgan fingerprint density at radius 3 is 2.36 bits per heavy atom. The van der Waals surface area contributed by atoms with Gasteiger partial charge in [0.05, 0.1) is 17.7 Å². The van der Waals surface area contributed by atoms with E-state index in [2.05, 4.69) is 77.4 Å². The van der Waals surface area contributed by atoms with Gasteiger partial charge in [0.1, 0.15) is 5.82 Å². The van der Waals surface area contributed by atoms with Gasteiger partial charge in [0, 0.05) is 11.0 Å². The maximum atomic E-state index is 13.6. The third-order valence-electron chi connectivity index (χ3n) is 15.0. The normalized spacial score (nSPS) is 38.0. The van der Waals surface area contributed by atoms with Gasteiger partial charge < -0.3 is 5.11 Å². The molecule has 1 heterocycles. The molecule has 1 aromatic carbocycles. The van der Waals surface area contributed by atoms with Crippen LogP contribution in [0.25, 0.3) is 0 Å². The van der Waals surface area contributed by atoms with E-state index >= 15 is 0 Å². The summed E-state index contributed by atoms with van der Waals surface area (Å²) in [5.74, 6) is 7.55. The standard InChI is InChI=1S/C39H55N5O3/c1-34(2)17-19-39(32(45)42-40)20-18-37(6)26(27(39)22-34)13-14-29-36(5)21-25-30(35(3,4)28(36)15-16-38(29,37)7)43-44(31(25)41-33(46)47)23-24-11-9-8-10-12-24/h8-13,27-29,41H,14-23,40H2,1-7H3,(H,42,45)(H,46,47)/t27?,28?,29?,36-,37+,38+,39-/m0/s1. The largest absolute Gasteiger partial charge is 0.465 e. The van der Waals surface area contributed by atoms with Gasteiger partial charge in [0.15, 0.2) is 0 Å². The van der Waals surface area contributed by atoms with Crippen molar-refractivity contribution in [1.29, 1.82) is 0 Å². The number of hydrogen-bond acceptors (Lipinski definition) is 4. The number of aromatic nitrogens is 2. The Balaban J connectivity index is 1.33. The van der Waals surface area contributed by atoms with Crippen molar-refractivity contribution in [2.75, 3.05) is 5.32 Å². The van der Waals surface area contributed by atoms with E-state index in [-0.39, 0.29) is 38.9 Å². The SMILES string of the molecule is CC1(C)CC[C@]2(C(=O)NN)CC[C@]3(C)C(=CCC4[C@@]5(C)Cc6c(nn(Cc7ccccc7)c6NC(=O)O)C(C)(C)C5CC[C@]43C)C2C1. The molecule has 0 aliphatic heterocycles. The molecule has 0 bridgehead atoms. The van der Waals surface area contributed by atoms with Crippen molar-refractivity contribution in [2.24, 2.45) is 50.7 Å². The zero-order valence-corrected chi connectivity index (χ0v) is 29.5. The highest BCUT2D eigenvalue weighted by Gasteiger charge is 2.69. The maximum absolute atomic E-state index is 13.6. The first kappa shape index (κ1) is 32.4. The number of carbonyl (C=O) groups excluding carboxylic acids is 1. The number of benzene rings is 1. The second kappa shape index (κ2) is 10.4. The van der Waals surface area contributed by atoms with Crippen molar-refractivity contribution >= 4 is 17.8 Å². The number of hydrogen-bond donors (Lipinski definition) is 4. The first-order valence-electron chi connectivity index (χ1n) is 17.9. The smallest absolute Gasteiger partial charge is 0.410 e. The number of carboxylic acid groups (broad SMARTS) is 1. The van der Waals surface area contributed by atoms with Crippen LogP contribution in [0.3, 0.4) is 0 Å². The van der Waals surface area contributed by atoms with Crippen LogP contribution >= 0.6 is 0 Å². The van der Waals surface area contributed by atoms with Crippen LogP contribution in [0.1, 0.15) is 117 Å². The highest BCUT2D eigenvalue weighted by atomic mass is 16.4. The van der Waals surface area contributed by atoms with Crippen molar-refractivity contribution in [1.82, 2.24) is 15.2 Å². The number of carbonyl (C=O) groups is 2. The van der Waals surface area contributed by atoms with Gasteiger partial charge in [-0.2, -0.15) is 5.10 Å². The summed E-state index contributed by atoms with van der Waals surface area (Å²) in [7, 11) is 0. The Bertz CT molecular complexity index is 1640. The van der Waals surface area contributed by atoms with Gasteiger partial charge in [0.2, 0.25) is 5.91 Å². The van der Waals surface area contributed by atoms with E-state index in [1.54, 1.807) is 0 Å². The van der Waals surface area contributed by atoms with Crippen molar-refractivity contribution in [2.45, 2.75) is 118 Å². The van der Waals surface area contributed by atoms with E-state index in [1.165, 1.54) is 5.57 Å². The molecule has 3 fully saturated rings. The third-order valence-corrected chi connectivity index (χ3v) is 15.0. The fraction of sp³-hybridized carbons (Fsp3) is 0.667. The molecule has 1 aromatic heterocycles. The highest BCUT2D eigenvalue weighted by Crippen LogP contribution is 2.75. The molecule has 8 heteroatoms. The van der Waals surface area contributed by atoms with E-state index in [0.717, 1.165) is 74.6 Å². The quantitative estimate of drug-likeness (QED) is 0.117. The number of fused-ring (bicyclic) bond motifs is 8. The first-order chi connectivity index (χ1) is 22.0. The topological polar surface area (TPSA) is 122 Å². The summed E-state index contributed by atoms with van der Waals surface area (Å²) in [6.07, 6.45) is 10.4. The molecule has 7 atom stereocenters. The summed E-state index contributed by atoms with van der Waals surface area (Å²) in [5, 5.41) is 18.0. The molecule has 5 aliphatic rings. The summed E-state index contributed by atoms with van der Waals surface area (Å²) in [5.41, 5.74) is 6.81. The molecule has 3 unspecified atom stereocenters. The zero-order valence-electron chi connectivity index (χ0n) is 29.5. The van der Waals surface area contributed by atoms with Crippen molar-refractivity contribution in [3.8, 4) is 0 Å². The maximum Gasteiger partial charge on any atom is 0.410 e. The van der Waals surface area contributed by atoms with Gasteiger partial charge >= 0.3 is 6.09 Å². The first-order valence-corrected chi connectivity index (χ1v) is 17.9. The van der Waals surface area contributed by atoms with Gasteiger partial charge in [-0.05, 0) is 103 Å². The second-order valence-electron chi connectivity index (χ2n) is 18.0. The molecule has 5 aliphatic carbocycles. The summed E-state index contributed by atoms with van der Waals surface area (Å²) < 4.78 is 1.89. The Kier molecular flexibility index (Phi) is 7.20. The Morgan fingerprint density at radius 1 is 0.979 bits per heavy atom. The minimum Gasteiger partial charge on any atom is -0.465 e. The number of allylic oxidation sites excluding steroid dienone is 2. The molecule has 8 nitrogen and oxygen atoms in total. The van der Waals surface area contributed by atoms with Gasteiger partial charge in [-0.25, -0.2) is 15.3 Å². The van der Waals surface area contributed by atoms with E-state index in [9.17, 15) is 14.7 Å². The fourth-order valence-electron chi connectivity index (χ4n) is 12.4. The summed E-state index contributed by atoms with van der Waals surface area (Å²) >= 11 is 0. The lowest BCUT2D eigenvalue weighted by molar-refractivity contribution is -0.167. The highest BCUT2D eigenvalue weighted by molar-refractivity contribution is 5.84. The molecular formula is C39H55N5O3. The molecule has 5 N–H and O–H groups in total. The van der Waals surface area contributed by atoms with Crippen LogP contribution in [-0.4, -0.2) is 26.9 Å². The molecule has 0 spiro atoms. The predicted octanol–water partition coefficient (Wildman–Crippen LogP) is 7.83. The molecule has 3 saturated carbocycles. The van der Waals surface area contributed by atoms with Crippen LogP contribution in [0, 0.1) is 44.8 Å². The fourth-order valence-corrected chi connectivity index (χ4v) is 12.4. The Labute approximate surface area is 280 Å². The lowest BCUT2D eigenvalue weighted by atomic mass is 9.33. The lowest BCUT2D eigenvalue weighted by Crippen LogP contribution is -2.65. The van der Waals surface area contributed by atoms with Gasteiger partial charge in [-0.1, -0.05) is 90.4 Å². The van der Waals surface area contributed by atoms with Gasteiger partial charge in [-0.3, -0.25) is 15.5 Å². The number of nitrogens with zero attached hydrogens (tertiary/aromatic N) is 2. The molecule has 7 rings (SSSR count). The Hall–Kier alpha value is -3.13. The van der Waals surface area contributed by atoms with E-state index in [4.69, 9.17) is 10.9 Å². The second-order valence-corrected chi connectivity index (χ2v) is 18.0. The van der Waals surface area contributed by atoms with Crippen LogP contribution in [0.2, 0.25) is 0 Å². The van der Waals surface area contributed by atoms with Crippen LogP contribution < -0.4 is 16.6 Å². The molecule has 2 aromatic rings. The van der Waals surface area contributed by atoms with Crippen LogP contribution in [0.5, 0.6) is 0 Å². The van der Waals surface area contributed by atoms with E-state index in [0.29, 0.717) is 24.2 Å². The van der Waals surface area contributed by atoms with E-state index < -0.39 is 11.5 Å². The number of rotatable bonds is 4. The summed E-state index contributed by atoms with van der Waals surface area (Å²) in [4.78, 5) is 25.8. The summed E-state index contributed by atoms with van der Waals surface area (Å²) in [6.45, 7) is 17.5.